The molecule has 0 bridgehead atoms. The van der Waals surface area contributed by atoms with Crippen LogP contribution in [-0.2, 0) is 0 Å². The predicted octanol–water partition coefficient (Wildman–Crippen LogP) is 3.37. The maximum atomic E-state index is 12.3. The third-order valence-corrected chi connectivity index (χ3v) is 4.67. The average molecular weight is 316 g/mol. The van der Waals surface area contributed by atoms with Crippen LogP contribution in [0.15, 0.2) is 23.0 Å². The van der Waals surface area contributed by atoms with Crippen LogP contribution in [0.25, 0.3) is 21.6 Å². The van der Waals surface area contributed by atoms with Gasteiger partial charge in [0, 0.05) is 10.4 Å². The molecule has 2 heterocycles. The average Bonchev–Trinajstić information content (AvgIpc) is 2.77. The standard InChI is InChI=1S/C16H16N2O3S/c1-4-21-12-7-10(5-6-11(12)19)14-17-15(20)13-8(2)9(3)22-16(13)18-14/h5-7,19H,4H2,1-3H3,(H,17,18,20). The van der Waals surface area contributed by atoms with Gasteiger partial charge in [-0.05, 0) is 44.5 Å². The number of hydrogen-bond donors (Lipinski definition) is 2. The van der Waals surface area contributed by atoms with Crippen LogP contribution in [0.1, 0.15) is 17.4 Å². The van der Waals surface area contributed by atoms with E-state index in [9.17, 15) is 9.90 Å². The highest BCUT2D eigenvalue weighted by Gasteiger charge is 2.13. The molecule has 114 valence electrons. The third-order valence-electron chi connectivity index (χ3n) is 3.57. The smallest absolute Gasteiger partial charge is 0.260 e. The maximum absolute atomic E-state index is 12.3. The van der Waals surface area contributed by atoms with E-state index >= 15 is 0 Å². The van der Waals surface area contributed by atoms with Gasteiger partial charge in [0.05, 0.1) is 12.0 Å². The lowest BCUT2D eigenvalue weighted by Crippen LogP contribution is -2.09. The fourth-order valence-electron chi connectivity index (χ4n) is 2.32. The Balaban J connectivity index is 2.18. The van der Waals surface area contributed by atoms with Crippen LogP contribution in [0.2, 0.25) is 0 Å². The summed E-state index contributed by atoms with van der Waals surface area (Å²) in [5, 5.41) is 10.4. The van der Waals surface area contributed by atoms with E-state index in [-0.39, 0.29) is 11.3 Å². The van der Waals surface area contributed by atoms with Gasteiger partial charge in [-0.25, -0.2) is 4.98 Å². The van der Waals surface area contributed by atoms with Crippen molar-refractivity contribution in [2.45, 2.75) is 20.8 Å². The molecule has 0 aliphatic rings. The number of aromatic nitrogens is 2. The Hall–Kier alpha value is -2.34. The Morgan fingerprint density at radius 3 is 2.86 bits per heavy atom. The lowest BCUT2D eigenvalue weighted by molar-refractivity contribution is 0.318. The summed E-state index contributed by atoms with van der Waals surface area (Å²) in [5.41, 5.74) is 1.53. The molecule has 1 aromatic carbocycles. The Bertz CT molecular complexity index is 912. The van der Waals surface area contributed by atoms with Gasteiger partial charge in [0.1, 0.15) is 10.7 Å². The molecule has 0 aliphatic carbocycles. The van der Waals surface area contributed by atoms with Crippen molar-refractivity contribution < 1.29 is 9.84 Å². The zero-order valence-corrected chi connectivity index (χ0v) is 13.4. The number of nitrogens with one attached hydrogen (secondary N) is 1. The van der Waals surface area contributed by atoms with Gasteiger partial charge < -0.3 is 14.8 Å². The maximum Gasteiger partial charge on any atom is 0.260 e. The summed E-state index contributed by atoms with van der Waals surface area (Å²) in [6.07, 6.45) is 0. The number of thiophene rings is 1. The van der Waals surface area contributed by atoms with Gasteiger partial charge in [-0.1, -0.05) is 0 Å². The lowest BCUT2D eigenvalue weighted by atomic mass is 10.1. The van der Waals surface area contributed by atoms with Crippen molar-refractivity contribution in [3.8, 4) is 22.9 Å². The Morgan fingerprint density at radius 2 is 2.14 bits per heavy atom. The molecule has 3 rings (SSSR count). The van der Waals surface area contributed by atoms with Crippen LogP contribution in [0, 0.1) is 13.8 Å². The minimum Gasteiger partial charge on any atom is -0.504 e. The number of aryl methyl sites for hydroxylation is 2. The molecule has 22 heavy (non-hydrogen) atoms. The molecule has 0 unspecified atom stereocenters. The summed E-state index contributed by atoms with van der Waals surface area (Å²) in [4.78, 5) is 21.5. The van der Waals surface area contributed by atoms with Crippen LogP contribution in [0.3, 0.4) is 0 Å². The number of nitrogens with zero attached hydrogens (tertiary/aromatic N) is 1. The second kappa shape index (κ2) is 5.46. The summed E-state index contributed by atoms with van der Waals surface area (Å²) in [6.45, 7) is 6.20. The first-order valence-corrected chi connectivity index (χ1v) is 7.79. The molecular weight excluding hydrogens is 300 g/mol. The molecule has 5 nitrogen and oxygen atoms in total. The van der Waals surface area contributed by atoms with E-state index in [1.807, 2.05) is 20.8 Å². The predicted molar refractivity (Wildman–Crippen MR) is 88.0 cm³/mol. The number of hydrogen-bond acceptors (Lipinski definition) is 5. The molecule has 2 N–H and O–H groups in total. The molecule has 0 saturated heterocycles. The zero-order chi connectivity index (χ0) is 15.9. The summed E-state index contributed by atoms with van der Waals surface area (Å²) < 4.78 is 5.37. The largest absolute Gasteiger partial charge is 0.504 e. The summed E-state index contributed by atoms with van der Waals surface area (Å²) in [6, 6.07) is 4.92. The molecule has 6 heteroatoms. The van der Waals surface area contributed by atoms with Crippen LogP contribution < -0.4 is 10.3 Å². The monoisotopic (exact) mass is 316 g/mol. The van der Waals surface area contributed by atoms with Gasteiger partial charge in [0.2, 0.25) is 0 Å². The Kier molecular flexibility index (Phi) is 3.62. The first-order valence-electron chi connectivity index (χ1n) is 6.97. The van der Waals surface area contributed by atoms with E-state index in [2.05, 4.69) is 9.97 Å². The number of phenols is 1. The normalized spacial score (nSPS) is 11.0. The van der Waals surface area contributed by atoms with Gasteiger partial charge in [-0.15, -0.1) is 11.3 Å². The molecular formula is C16H16N2O3S. The van der Waals surface area contributed by atoms with E-state index in [4.69, 9.17) is 4.74 Å². The number of aromatic amines is 1. The lowest BCUT2D eigenvalue weighted by Gasteiger charge is -2.08. The first-order chi connectivity index (χ1) is 10.5. The van der Waals surface area contributed by atoms with Crippen molar-refractivity contribution in [1.29, 1.82) is 0 Å². The fraction of sp³-hybridized carbons (Fsp3) is 0.250. The topological polar surface area (TPSA) is 75.2 Å². The van der Waals surface area contributed by atoms with Crippen LogP contribution in [-0.4, -0.2) is 21.7 Å². The van der Waals surface area contributed by atoms with Gasteiger partial charge in [0.15, 0.2) is 11.5 Å². The van der Waals surface area contributed by atoms with Crippen molar-refractivity contribution in [1.82, 2.24) is 9.97 Å². The number of benzene rings is 1. The molecule has 0 aliphatic heterocycles. The second-order valence-electron chi connectivity index (χ2n) is 4.99. The molecule has 3 aromatic rings. The van der Waals surface area contributed by atoms with Crippen molar-refractivity contribution in [2.24, 2.45) is 0 Å². The summed E-state index contributed by atoms with van der Waals surface area (Å²) in [5.74, 6) is 0.915. The van der Waals surface area contributed by atoms with E-state index in [1.165, 1.54) is 17.4 Å². The van der Waals surface area contributed by atoms with Crippen LogP contribution >= 0.6 is 11.3 Å². The van der Waals surface area contributed by atoms with Crippen molar-refractivity contribution >= 4 is 21.6 Å². The zero-order valence-electron chi connectivity index (χ0n) is 12.6. The Labute approximate surface area is 131 Å². The summed E-state index contributed by atoms with van der Waals surface area (Å²) >= 11 is 1.51. The van der Waals surface area contributed by atoms with E-state index < -0.39 is 0 Å². The number of phenolic OH excluding ortho intramolecular Hbond substituents is 1. The van der Waals surface area contributed by atoms with E-state index in [0.717, 1.165) is 15.3 Å². The number of aromatic hydroxyl groups is 1. The van der Waals surface area contributed by atoms with Gasteiger partial charge in [-0.2, -0.15) is 0 Å². The second-order valence-corrected chi connectivity index (χ2v) is 6.20. The van der Waals surface area contributed by atoms with E-state index in [1.54, 1.807) is 12.1 Å². The SMILES string of the molecule is CCOc1cc(-c2nc3sc(C)c(C)c3c(=O)[nH]2)ccc1O. The van der Waals surface area contributed by atoms with Crippen LogP contribution in [0.4, 0.5) is 0 Å². The van der Waals surface area contributed by atoms with Gasteiger partial charge in [-0.3, -0.25) is 4.79 Å². The van der Waals surface area contributed by atoms with Crippen LogP contribution in [0.5, 0.6) is 11.5 Å². The van der Waals surface area contributed by atoms with Crippen molar-refractivity contribution in [3.63, 3.8) is 0 Å². The number of fused-ring (bicyclic) bond motifs is 1. The fourth-order valence-corrected chi connectivity index (χ4v) is 3.35. The molecule has 0 spiro atoms. The van der Waals surface area contributed by atoms with E-state index in [0.29, 0.717) is 29.1 Å². The molecule has 0 radical (unpaired) electrons. The molecule has 0 saturated carbocycles. The number of rotatable bonds is 3. The molecule has 0 fully saturated rings. The number of H-pyrrole nitrogens is 1. The number of ether oxygens (including phenoxy) is 1. The molecule has 0 amide bonds. The van der Waals surface area contributed by atoms with Crippen molar-refractivity contribution in [3.05, 3.63) is 39.0 Å². The van der Waals surface area contributed by atoms with Gasteiger partial charge >= 0.3 is 0 Å². The quantitative estimate of drug-likeness (QED) is 0.777. The first kappa shape index (κ1) is 14.6. The highest BCUT2D eigenvalue weighted by molar-refractivity contribution is 7.18. The summed E-state index contributed by atoms with van der Waals surface area (Å²) in [7, 11) is 0. The highest BCUT2D eigenvalue weighted by Crippen LogP contribution is 2.32. The highest BCUT2D eigenvalue weighted by atomic mass is 32.1. The van der Waals surface area contributed by atoms with Crippen molar-refractivity contribution in [2.75, 3.05) is 6.61 Å². The molecule has 0 atom stereocenters. The third kappa shape index (κ3) is 2.35. The molecule has 2 aromatic heterocycles. The minimum atomic E-state index is -0.145. The minimum absolute atomic E-state index is 0.0665. The van der Waals surface area contributed by atoms with Gasteiger partial charge in [0.25, 0.3) is 5.56 Å². The Morgan fingerprint density at radius 1 is 1.36 bits per heavy atom.